The topological polar surface area (TPSA) is 105 Å². The maximum Gasteiger partial charge on any atom is 0.336 e. The number of hydrogen-bond donors (Lipinski definition) is 3. The van der Waals surface area contributed by atoms with Gasteiger partial charge in [-0.15, -0.1) is 0 Å². The highest BCUT2D eigenvalue weighted by Crippen LogP contribution is 2.37. The molecule has 0 aliphatic carbocycles. The summed E-state index contributed by atoms with van der Waals surface area (Å²) in [5.41, 5.74) is 3.82. The van der Waals surface area contributed by atoms with Crippen LogP contribution in [0.25, 0.3) is 21.9 Å². The first-order valence-corrected chi connectivity index (χ1v) is 12.6. The van der Waals surface area contributed by atoms with E-state index in [-0.39, 0.29) is 17.8 Å². The molecule has 0 radical (unpaired) electrons. The first kappa shape index (κ1) is 25.7. The molecule has 1 aliphatic rings. The zero-order valence-electron chi connectivity index (χ0n) is 21.1. The van der Waals surface area contributed by atoms with Crippen LogP contribution in [0, 0.1) is 0 Å². The molecule has 4 aromatic carbocycles. The fraction of sp³-hybridized carbons (Fsp3) is 0.258. The average Bonchev–Trinajstić information content (AvgIpc) is 2.95. The van der Waals surface area contributed by atoms with Crippen molar-refractivity contribution in [1.29, 1.82) is 0 Å². The Morgan fingerprint density at radius 3 is 2.53 bits per heavy atom. The number of rotatable bonds is 8. The molecule has 1 heterocycles. The van der Waals surface area contributed by atoms with Crippen LogP contribution in [-0.2, 0) is 18.0 Å². The predicted octanol–water partition coefficient (Wildman–Crippen LogP) is 5.50. The number of ether oxygens (including phenoxy) is 3. The van der Waals surface area contributed by atoms with E-state index in [4.69, 9.17) is 14.2 Å². The number of methoxy groups -OCH3 is 1. The summed E-state index contributed by atoms with van der Waals surface area (Å²) in [4.78, 5) is 12.1. The average molecular weight is 515 g/mol. The molecule has 5 rings (SSSR count). The molecular weight excluding hydrogens is 484 g/mol. The van der Waals surface area contributed by atoms with Crippen LogP contribution in [0.5, 0.6) is 11.5 Å². The molecule has 0 aromatic heterocycles. The Morgan fingerprint density at radius 1 is 1.03 bits per heavy atom. The van der Waals surface area contributed by atoms with Gasteiger partial charge in [-0.25, -0.2) is 4.79 Å². The highest BCUT2D eigenvalue weighted by molar-refractivity contribution is 6.05. The number of fused-ring (bicyclic) bond motifs is 1. The minimum Gasteiger partial charge on any atom is -0.497 e. The molecular formula is C31H30O7. The summed E-state index contributed by atoms with van der Waals surface area (Å²) in [7, 11) is 1.58. The molecule has 4 aromatic rings. The number of aliphatic hydroxyl groups excluding tert-OH is 2. The normalized spacial score (nSPS) is 17.3. The van der Waals surface area contributed by atoms with E-state index >= 15 is 0 Å². The van der Waals surface area contributed by atoms with E-state index in [2.05, 4.69) is 0 Å². The van der Waals surface area contributed by atoms with Gasteiger partial charge in [0.05, 0.1) is 31.5 Å². The van der Waals surface area contributed by atoms with Crippen molar-refractivity contribution in [3.63, 3.8) is 0 Å². The fourth-order valence-electron chi connectivity index (χ4n) is 5.02. The van der Waals surface area contributed by atoms with Crippen LogP contribution >= 0.6 is 0 Å². The smallest absolute Gasteiger partial charge is 0.336 e. The van der Waals surface area contributed by atoms with Crippen LogP contribution < -0.4 is 9.47 Å². The van der Waals surface area contributed by atoms with Crippen molar-refractivity contribution in [3.05, 3.63) is 95.1 Å². The Labute approximate surface area is 220 Å². The Hall–Kier alpha value is -3.91. The van der Waals surface area contributed by atoms with E-state index < -0.39 is 12.6 Å². The van der Waals surface area contributed by atoms with Gasteiger partial charge in [0.2, 0.25) is 0 Å². The summed E-state index contributed by atoms with van der Waals surface area (Å²) in [5.74, 6) is 0.175. The fourth-order valence-corrected chi connectivity index (χ4v) is 5.02. The molecule has 0 spiro atoms. The van der Waals surface area contributed by atoms with E-state index in [1.54, 1.807) is 25.3 Å². The molecule has 196 valence electrons. The van der Waals surface area contributed by atoms with Gasteiger partial charge < -0.3 is 29.5 Å². The van der Waals surface area contributed by atoms with Gasteiger partial charge in [0.15, 0.2) is 0 Å². The van der Waals surface area contributed by atoms with Gasteiger partial charge in [-0.1, -0.05) is 36.4 Å². The molecule has 38 heavy (non-hydrogen) atoms. The number of carboxylic acids is 1. The van der Waals surface area contributed by atoms with Crippen molar-refractivity contribution in [2.75, 3.05) is 13.7 Å². The zero-order chi connectivity index (χ0) is 26.6. The van der Waals surface area contributed by atoms with Gasteiger partial charge in [0.25, 0.3) is 0 Å². The van der Waals surface area contributed by atoms with E-state index in [0.717, 1.165) is 22.1 Å². The highest BCUT2D eigenvalue weighted by atomic mass is 16.5. The van der Waals surface area contributed by atoms with Crippen molar-refractivity contribution in [2.45, 2.75) is 38.3 Å². The van der Waals surface area contributed by atoms with Crippen molar-refractivity contribution in [3.8, 4) is 22.6 Å². The van der Waals surface area contributed by atoms with Crippen LogP contribution in [-0.4, -0.2) is 41.1 Å². The first-order valence-electron chi connectivity index (χ1n) is 12.6. The minimum atomic E-state index is -1.11. The quantitative estimate of drug-likeness (QED) is 0.285. The lowest BCUT2D eigenvalue weighted by molar-refractivity contribution is -0.0448. The molecule has 2 unspecified atom stereocenters. The Balaban J connectivity index is 1.46. The number of carboxylic acid groups (broad SMARTS) is 1. The van der Waals surface area contributed by atoms with Crippen LogP contribution in [0.15, 0.2) is 72.8 Å². The molecule has 1 aliphatic heterocycles. The molecule has 1 fully saturated rings. The van der Waals surface area contributed by atoms with E-state index in [1.165, 1.54) is 0 Å². The number of aliphatic hydroxyl groups is 2. The third-order valence-electron chi connectivity index (χ3n) is 6.97. The monoisotopic (exact) mass is 514 g/mol. The van der Waals surface area contributed by atoms with Crippen LogP contribution in [0.2, 0.25) is 0 Å². The van der Waals surface area contributed by atoms with Crippen molar-refractivity contribution >= 4 is 16.7 Å². The first-order chi connectivity index (χ1) is 18.5. The number of benzene rings is 4. The molecule has 1 saturated heterocycles. The molecule has 0 saturated carbocycles. The maximum absolute atomic E-state index is 12.1. The molecule has 7 heteroatoms. The third-order valence-corrected chi connectivity index (χ3v) is 6.97. The predicted molar refractivity (Wildman–Crippen MR) is 144 cm³/mol. The second kappa shape index (κ2) is 11.2. The van der Waals surface area contributed by atoms with E-state index in [0.29, 0.717) is 54.1 Å². The zero-order valence-corrected chi connectivity index (χ0v) is 21.1. The van der Waals surface area contributed by atoms with Crippen LogP contribution in [0.1, 0.15) is 46.0 Å². The molecule has 2 atom stereocenters. The van der Waals surface area contributed by atoms with Gasteiger partial charge in [-0.2, -0.15) is 0 Å². The Kier molecular flexibility index (Phi) is 7.60. The standard InChI is InChI=1S/C31H30O7/c1-36-24-7-5-20(6-8-24)30-26-10-9-25(14-22(26)15-27(31(34)35)28(30)17-32)38-18-19-3-2-4-21(13-19)29-16-23(33)11-12-37-29/h2-10,13-15,23,29,32-33H,11-12,16-18H2,1H3,(H,34,35). The summed E-state index contributed by atoms with van der Waals surface area (Å²) in [6.45, 7) is 0.453. The summed E-state index contributed by atoms with van der Waals surface area (Å²) < 4.78 is 17.2. The summed E-state index contributed by atoms with van der Waals surface area (Å²) in [6, 6.07) is 22.4. The maximum atomic E-state index is 12.1. The van der Waals surface area contributed by atoms with Crippen molar-refractivity contribution < 1.29 is 34.3 Å². The summed E-state index contributed by atoms with van der Waals surface area (Å²) >= 11 is 0. The molecule has 0 amide bonds. The van der Waals surface area contributed by atoms with Crippen LogP contribution in [0.3, 0.4) is 0 Å². The Bertz CT molecular complexity index is 1450. The number of carbonyl (C=O) groups is 1. The van der Waals surface area contributed by atoms with Gasteiger partial charge in [0, 0.05) is 18.6 Å². The highest BCUT2D eigenvalue weighted by Gasteiger charge is 2.23. The minimum absolute atomic E-state index is 0.0466. The lowest BCUT2D eigenvalue weighted by atomic mass is 9.89. The van der Waals surface area contributed by atoms with Gasteiger partial charge in [-0.3, -0.25) is 0 Å². The van der Waals surface area contributed by atoms with Gasteiger partial charge in [0.1, 0.15) is 18.1 Å². The summed E-state index contributed by atoms with van der Waals surface area (Å²) in [6.07, 6.45) is 0.750. The second-order valence-electron chi connectivity index (χ2n) is 9.42. The van der Waals surface area contributed by atoms with Crippen molar-refractivity contribution in [2.24, 2.45) is 0 Å². The lowest BCUT2D eigenvalue weighted by Gasteiger charge is -2.27. The SMILES string of the molecule is COc1ccc(-c2c(CO)c(C(=O)O)cc3cc(OCc4cccc(C5CC(O)CCO5)c4)ccc23)cc1. The molecule has 3 N–H and O–H groups in total. The van der Waals surface area contributed by atoms with E-state index in [1.807, 2.05) is 54.6 Å². The third kappa shape index (κ3) is 5.36. The molecule has 7 nitrogen and oxygen atoms in total. The number of aromatic carboxylic acids is 1. The lowest BCUT2D eigenvalue weighted by Crippen LogP contribution is -2.23. The van der Waals surface area contributed by atoms with Crippen molar-refractivity contribution in [1.82, 2.24) is 0 Å². The molecule has 0 bridgehead atoms. The summed E-state index contributed by atoms with van der Waals surface area (Å²) in [5, 5.41) is 31.5. The number of hydrogen-bond acceptors (Lipinski definition) is 6. The van der Waals surface area contributed by atoms with Crippen LogP contribution in [0.4, 0.5) is 0 Å². The van der Waals surface area contributed by atoms with Gasteiger partial charge in [-0.05, 0) is 75.8 Å². The largest absolute Gasteiger partial charge is 0.497 e. The van der Waals surface area contributed by atoms with Gasteiger partial charge >= 0.3 is 5.97 Å². The Morgan fingerprint density at radius 2 is 1.82 bits per heavy atom. The van der Waals surface area contributed by atoms with E-state index in [9.17, 15) is 20.1 Å². The second-order valence-corrected chi connectivity index (χ2v) is 9.42.